The fourth-order valence-corrected chi connectivity index (χ4v) is 7.12. The molecule has 2 aromatic rings. The molecule has 3 unspecified atom stereocenters. The fourth-order valence-electron chi connectivity index (χ4n) is 4.70. The van der Waals surface area contributed by atoms with Crippen LogP contribution in [0.15, 0.2) is 85.0 Å². The van der Waals surface area contributed by atoms with Gasteiger partial charge in [0, 0.05) is 0 Å². The summed E-state index contributed by atoms with van der Waals surface area (Å²) in [5, 5.41) is 3.05. The molecule has 2 aromatic carbocycles. The van der Waals surface area contributed by atoms with Gasteiger partial charge in [0.15, 0.2) is 0 Å². The van der Waals surface area contributed by atoms with E-state index in [2.05, 4.69) is 85.0 Å². The Morgan fingerprint density at radius 3 is 2.08 bits per heavy atom. The largest absolute Gasteiger partial charge is 0.0808 e. The zero-order valence-electron chi connectivity index (χ0n) is 15.5. The number of benzene rings is 2. The molecule has 2 aliphatic carbocycles. The third kappa shape index (κ3) is 4.18. The predicted octanol–water partition coefficient (Wildman–Crippen LogP) is 6.06. The maximum absolute atomic E-state index is 2.48. The standard InChI is InChI=1S/C25H29P/c1-3-13-23(14-4-1)26(24-15-5-2-6-16-24)20-10-9-12-22-19-18-21-11-7-8-17-25(21)22/h1-8,11,13-17,21-22,25H,9-10,12,18-20H2. The molecule has 0 radical (unpaired) electrons. The lowest BCUT2D eigenvalue weighted by Crippen LogP contribution is -2.15. The van der Waals surface area contributed by atoms with Gasteiger partial charge in [-0.15, -0.1) is 0 Å². The number of unbranched alkanes of at least 4 members (excludes halogenated alkanes) is 1. The molecule has 0 bridgehead atoms. The van der Waals surface area contributed by atoms with Gasteiger partial charge in [0.25, 0.3) is 0 Å². The van der Waals surface area contributed by atoms with Crippen LogP contribution in [0, 0.1) is 17.8 Å². The van der Waals surface area contributed by atoms with Crippen LogP contribution in [-0.2, 0) is 0 Å². The van der Waals surface area contributed by atoms with Gasteiger partial charge in [0.2, 0.25) is 0 Å². The van der Waals surface area contributed by atoms with E-state index >= 15 is 0 Å². The van der Waals surface area contributed by atoms with Crippen LogP contribution in [0.5, 0.6) is 0 Å². The molecule has 0 spiro atoms. The second-order valence-electron chi connectivity index (χ2n) is 7.67. The summed E-state index contributed by atoms with van der Waals surface area (Å²) >= 11 is 0. The van der Waals surface area contributed by atoms with E-state index in [1.807, 2.05) is 0 Å². The molecule has 0 aliphatic heterocycles. The minimum Gasteiger partial charge on any atom is -0.0808 e. The number of rotatable bonds is 7. The van der Waals surface area contributed by atoms with Gasteiger partial charge in [-0.1, -0.05) is 91.4 Å². The van der Waals surface area contributed by atoms with Crippen molar-refractivity contribution in [2.24, 2.45) is 17.8 Å². The van der Waals surface area contributed by atoms with Gasteiger partial charge in [-0.25, -0.2) is 0 Å². The monoisotopic (exact) mass is 360 g/mol. The lowest BCUT2D eigenvalue weighted by Gasteiger charge is -2.22. The van der Waals surface area contributed by atoms with Crippen LogP contribution in [0.25, 0.3) is 0 Å². The first-order valence-electron chi connectivity index (χ1n) is 10.1. The maximum atomic E-state index is 2.48. The smallest absolute Gasteiger partial charge is 0.0139 e. The van der Waals surface area contributed by atoms with Crippen molar-refractivity contribution in [2.45, 2.75) is 32.1 Å². The molecule has 0 amide bonds. The molecule has 0 heterocycles. The Balaban J connectivity index is 1.34. The average Bonchev–Trinajstić information content (AvgIpc) is 3.12. The first-order valence-corrected chi connectivity index (χ1v) is 11.7. The Kier molecular flexibility index (Phi) is 6.03. The summed E-state index contributed by atoms with van der Waals surface area (Å²) in [5.41, 5.74) is 0. The van der Waals surface area contributed by atoms with Crippen molar-refractivity contribution in [1.82, 2.24) is 0 Å². The normalized spacial score (nSPS) is 24.1. The van der Waals surface area contributed by atoms with E-state index in [-0.39, 0.29) is 7.92 Å². The third-order valence-corrected chi connectivity index (χ3v) is 8.66. The maximum Gasteiger partial charge on any atom is -0.0139 e. The zero-order chi connectivity index (χ0) is 17.6. The fraction of sp³-hybridized carbons (Fsp3) is 0.360. The molecule has 1 heteroatoms. The van der Waals surface area contributed by atoms with Crippen molar-refractivity contribution in [3.8, 4) is 0 Å². The van der Waals surface area contributed by atoms with Gasteiger partial charge in [0.05, 0.1) is 0 Å². The molecule has 4 rings (SSSR count). The van der Waals surface area contributed by atoms with Crippen LogP contribution >= 0.6 is 7.92 Å². The quantitative estimate of drug-likeness (QED) is 0.416. The first kappa shape index (κ1) is 17.7. The molecule has 134 valence electrons. The second-order valence-corrected chi connectivity index (χ2v) is 10.0. The van der Waals surface area contributed by atoms with Crippen molar-refractivity contribution in [1.29, 1.82) is 0 Å². The molecule has 1 fully saturated rings. The molecule has 0 saturated heterocycles. The average molecular weight is 360 g/mol. The van der Waals surface area contributed by atoms with Crippen molar-refractivity contribution < 1.29 is 0 Å². The van der Waals surface area contributed by atoms with E-state index in [0.717, 1.165) is 17.8 Å². The minimum absolute atomic E-state index is 0.215. The summed E-state index contributed by atoms with van der Waals surface area (Å²) in [6.45, 7) is 0. The summed E-state index contributed by atoms with van der Waals surface area (Å²) in [4.78, 5) is 0. The Morgan fingerprint density at radius 1 is 0.731 bits per heavy atom. The second kappa shape index (κ2) is 8.83. The van der Waals surface area contributed by atoms with Gasteiger partial charge < -0.3 is 0 Å². The van der Waals surface area contributed by atoms with Gasteiger partial charge in [-0.3, -0.25) is 0 Å². The van der Waals surface area contributed by atoms with E-state index in [4.69, 9.17) is 0 Å². The molecule has 1 saturated carbocycles. The van der Waals surface area contributed by atoms with Crippen molar-refractivity contribution >= 4 is 18.5 Å². The molecular weight excluding hydrogens is 331 g/mol. The van der Waals surface area contributed by atoms with Gasteiger partial charge in [-0.05, 0) is 68.1 Å². The Bertz CT molecular complexity index is 692. The van der Waals surface area contributed by atoms with Gasteiger partial charge in [-0.2, -0.15) is 0 Å². The molecule has 2 aliphatic rings. The topological polar surface area (TPSA) is 0 Å². The van der Waals surface area contributed by atoms with E-state index in [9.17, 15) is 0 Å². The van der Waals surface area contributed by atoms with Gasteiger partial charge in [0.1, 0.15) is 0 Å². The molecular formula is C25H29P. The van der Waals surface area contributed by atoms with Crippen LogP contribution in [0.4, 0.5) is 0 Å². The zero-order valence-corrected chi connectivity index (χ0v) is 16.4. The number of fused-ring (bicyclic) bond motifs is 1. The lowest BCUT2D eigenvalue weighted by molar-refractivity contribution is 0.383. The van der Waals surface area contributed by atoms with E-state index in [1.54, 1.807) is 0 Å². The summed E-state index contributed by atoms with van der Waals surface area (Å²) in [7, 11) is -0.215. The van der Waals surface area contributed by atoms with Crippen molar-refractivity contribution in [3.05, 3.63) is 85.0 Å². The van der Waals surface area contributed by atoms with E-state index in [1.165, 1.54) is 48.9 Å². The van der Waals surface area contributed by atoms with Crippen LogP contribution in [0.2, 0.25) is 0 Å². The SMILES string of the molecule is C1=CC2CCC(CCCCP(c3ccccc3)c3ccccc3)C2C=C1. The lowest BCUT2D eigenvalue weighted by atomic mass is 9.84. The Labute approximate surface area is 159 Å². The molecule has 0 aromatic heterocycles. The third-order valence-electron chi connectivity index (χ3n) is 6.05. The Hall–Kier alpha value is -1.65. The summed E-state index contributed by atoms with van der Waals surface area (Å²) in [6, 6.07) is 22.3. The van der Waals surface area contributed by atoms with Crippen LogP contribution in [-0.4, -0.2) is 6.16 Å². The minimum atomic E-state index is -0.215. The number of hydrogen-bond acceptors (Lipinski definition) is 0. The highest BCUT2D eigenvalue weighted by Crippen LogP contribution is 2.43. The highest BCUT2D eigenvalue weighted by Gasteiger charge is 2.33. The molecule has 3 atom stereocenters. The Morgan fingerprint density at radius 2 is 1.38 bits per heavy atom. The van der Waals surface area contributed by atoms with Crippen LogP contribution < -0.4 is 10.6 Å². The van der Waals surface area contributed by atoms with Crippen molar-refractivity contribution in [3.63, 3.8) is 0 Å². The van der Waals surface area contributed by atoms with E-state index in [0.29, 0.717) is 0 Å². The highest BCUT2D eigenvalue weighted by molar-refractivity contribution is 7.73. The number of hydrogen-bond donors (Lipinski definition) is 0. The summed E-state index contributed by atoms with van der Waals surface area (Å²) in [5.74, 6) is 2.57. The first-order chi connectivity index (χ1) is 12.9. The van der Waals surface area contributed by atoms with Crippen LogP contribution in [0.1, 0.15) is 32.1 Å². The van der Waals surface area contributed by atoms with E-state index < -0.39 is 0 Å². The van der Waals surface area contributed by atoms with Gasteiger partial charge >= 0.3 is 0 Å². The molecule has 0 N–H and O–H groups in total. The summed E-state index contributed by atoms with van der Waals surface area (Å²) < 4.78 is 0. The molecule has 26 heavy (non-hydrogen) atoms. The highest BCUT2D eigenvalue weighted by atomic mass is 31.1. The van der Waals surface area contributed by atoms with Crippen molar-refractivity contribution in [2.75, 3.05) is 6.16 Å². The van der Waals surface area contributed by atoms with Crippen LogP contribution in [0.3, 0.4) is 0 Å². The molecule has 0 nitrogen and oxygen atoms in total. The number of allylic oxidation sites excluding steroid dienone is 4. The predicted molar refractivity (Wildman–Crippen MR) is 116 cm³/mol. The summed E-state index contributed by atoms with van der Waals surface area (Å²) in [6.07, 6.45) is 17.7.